The quantitative estimate of drug-likeness (QED) is 0.622. The molecule has 0 radical (unpaired) electrons. The lowest BCUT2D eigenvalue weighted by Crippen LogP contribution is -2.53. The van der Waals surface area contributed by atoms with Crippen LogP contribution < -0.4 is 5.32 Å². The zero-order valence-electron chi connectivity index (χ0n) is 19.1. The van der Waals surface area contributed by atoms with Crippen LogP contribution in [0.2, 0.25) is 0 Å². The molecule has 1 aliphatic carbocycles. The van der Waals surface area contributed by atoms with Crippen LogP contribution in [0, 0.1) is 0 Å². The molecule has 2 aliphatic rings. The van der Waals surface area contributed by atoms with E-state index in [9.17, 15) is 22.8 Å². The first-order valence-corrected chi connectivity index (χ1v) is 13.1. The Balaban J connectivity index is 1.60. The maximum atomic E-state index is 13.5. The fraction of sp³-hybridized carbons (Fsp3) is 0.400. The summed E-state index contributed by atoms with van der Waals surface area (Å²) in [7, 11) is -4.13. The predicted octanol–water partition coefficient (Wildman–Crippen LogP) is 2.70. The van der Waals surface area contributed by atoms with Gasteiger partial charge in [0.2, 0.25) is 11.8 Å². The summed E-state index contributed by atoms with van der Waals surface area (Å²) < 4.78 is 26.5. The zero-order chi connectivity index (χ0) is 24.3. The maximum absolute atomic E-state index is 13.5. The lowest BCUT2D eigenvalue weighted by molar-refractivity contribution is -0.141. The number of rotatable bonds is 8. The fourth-order valence-electron chi connectivity index (χ4n) is 4.67. The molecule has 1 aliphatic heterocycles. The molecule has 0 saturated heterocycles. The van der Waals surface area contributed by atoms with E-state index >= 15 is 0 Å². The van der Waals surface area contributed by atoms with Crippen molar-refractivity contribution in [3.8, 4) is 0 Å². The van der Waals surface area contributed by atoms with Gasteiger partial charge in [0, 0.05) is 12.6 Å². The summed E-state index contributed by atoms with van der Waals surface area (Å²) in [5.41, 5.74) is 0.859. The highest BCUT2D eigenvalue weighted by atomic mass is 32.2. The van der Waals surface area contributed by atoms with Crippen molar-refractivity contribution in [2.45, 2.75) is 62.6 Å². The number of sulfonamides is 1. The van der Waals surface area contributed by atoms with Gasteiger partial charge in [0.05, 0.1) is 5.56 Å². The van der Waals surface area contributed by atoms with Crippen LogP contribution in [0.25, 0.3) is 0 Å². The minimum Gasteiger partial charge on any atom is -0.352 e. The molecule has 3 amide bonds. The number of hydrogen-bond acceptors (Lipinski definition) is 5. The Morgan fingerprint density at radius 2 is 1.71 bits per heavy atom. The molecule has 4 rings (SSSR count). The van der Waals surface area contributed by atoms with E-state index in [0.717, 1.165) is 31.2 Å². The van der Waals surface area contributed by atoms with Crippen molar-refractivity contribution in [1.29, 1.82) is 0 Å². The standard InChI is InChI=1S/C25H29N3O5S/c1-2-21(24(30)26-19-12-6-7-13-19)27(16-18-10-4-3-5-11-18)23(29)17-28-25(31)20-14-8-9-15-22(20)34(28,32)33/h3-5,8-11,14-15,19,21H,2,6-7,12-13,16-17H2,1H3,(H,26,30)/t21-/m1/s1. The van der Waals surface area contributed by atoms with E-state index < -0.39 is 34.4 Å². The van der Waals surface area contributed by atoms with Gasteiger partial charge in [-0.25, -0.2) is 12.7 Å². The van der Waals surface area contributed by atoms with Gasteiger partial charge in [-0.3, -0.25) is 14.4 Å². The van der Waals surface area contributed by atoms with Gasteiger partial charge in [0.15, 0.2) is 0 Å². The Kier molecular flexibility index (Phi) is 7.02. The van der Waals surface area contributed by atoms with Gasteiger partial charge >= 0.3 is 0 Å². The SMILES string of the molecule is CC[C@H](C(=O)NC1CCCC1)N(Cc1ccccc1)C(=O)CN1C(=O)c2ccccc2S1(=O)=O. The van der Waals surface area contributed by atoms with Crippen LogP contribution in [-0.4, -0.2) is 54.0 Å². The second-order valence-corrected chi connectivity index (χ2v) is 10.6. The molecule has 9 heteroatoms. The molecule has 0 aromatic heterocycles. The molecule has 1 saturated carbocycles. The lowest BCUT2D eigenvalue weighted by atomic mass is 10.1. The molecule has 1 atom stereocenters. The number of amides is 3. The highest BCUT2D eigenvalue weighted by Crippen LogP contribution is 2.30. The Morgan fingerprint density at radius 1 is 1.06 bits per heavy atom. The number of fused-ring (bicyclic) bond motifs is 1. The molecule has 0 spiro atoms. The van der Waals surface area contributed by atoms with Crippen molar-refractivity contribution in [2.75, 3.05) is 6.54 Å². The van der Waals surface area contributed by atoms with E-state index in [4.69, 9.17) is 0 Å². The number of nitrogens with zero attached hydrogens (tertiary/aromatic N) is 2. The minimum atomic E-state index is -4.13. The molecule has 180 valence electrons. The van der Waals surface area contributed by atoms with E-state index in [1.54, 1.807) is 6.07 Å². The van der Waals surface area contributed by atoms with Crippen LogP contribution in [0.3, 0.4) is 0 Å². The van der Waals surface area contributed by atoms with Crippen LogP contribution in [0.15, 0.2) is 59.5 Å². The van der Waals surface area contributed by atoms with Gasteiger partial charge in [-0.1, -0.05) is 62.2 Å². The van der Waals surface area contributed by atoms with E-state index in [0.29, 0.717) is 10.7 Å². The maximum Gasteiger partial charge on any atom is 0.269 e. The van der Waals surface area contributed by atoms with Crippen molar-refractivity contribution in [2.24, 2.45) is 0 Å². The van der Waals surface area contributed by atoms with Crippen molar-refractivity contribution in [3.05, 3.63) is 65.7 Å². The summed E-state index contributed by atoms with van der Waals surface area (Å²) in [4.78, 5) is 40.8. The monoisotopic (exact) mass is 483 g/mol. The first kappa shape index (κ1) is 23.9. The average molecular weight is 484 g/mol. The van der Waals surface area contributed by atoms with Gasteiger partial charge in [-0.15, -0.1) is 0 Å². The highest BCUT2D eigenvalue weighted by molar-refractivity contribution is 7.90. The number of benzene rings is 2. The molecule has 8 nitrogen and oxygen atoms in total. The largest absolute Gasteiger partial charge is 0.352 e. The van der Waals surface area contributed by atoms with Crippen LogP contribution in [0.4, 0.5) is 0 Å². The fourth-order valence-corrected chi connectivity index (χ4v) is 6.19. The van der Waals surface area contributed by atoms with Crippen molar-refractivity contribution in [3.63, 3.8) is 0 Å². The summed E-state index contributed by atoms with van der Waals surface area (Å²) in [5, 5.41) is 3.05. The summed E-state index contributed by atoms with van der Waals surface area (Å²) in [6.45, 7) is 1.29. The molecule has 1 fully saturated rings. The second kappa shape index (κ2) is 9.97. The van der Waals surface area contributed by atoms with Gasteiger partial charge in [0.25, 0.3) is 15.9 Å². The topological polar surface area (TPSA) is 104 Å². The Bertz CT molecular complexity index is 1180. The number of carbonyl (C=O) groups is 3. The molecule has 2 aromatic rings. The summed E-state index contributed by atoms with van der Waals surface area (Å²) in [6.07, 6.45) is 4.30. The normalized spacial score (nSPS) is 17.9. The minimum absolute atomic E-state index is 0.0518. The van der Waals surface area contributed by atoms with Gasteiger partial charge in [-0.05, 0) is 37.0 Å². The molecular weight excluding hydrogens is 454 g/mol. The zero-order valence-corrected chi connectivity index (χ0v) is 20.0. The van der Waals surface area contributed by atoms with Crippen molar-refractivity contribution in [1.82, 2.24) is 14.5 Å². The third kappa shape index (κ3) is 4.70. The first-order chi connectivity index (χ1) is 16.3. The summed E-state index contributed by atoms with van der Waals surface area (Å²) >= 11 is 0. The Hall–Kier alpha value is -3.20. The smallest absolute Gasteiger partial charge is 0.269 e. The molecule has 1 N–H and O–H groups in total. The molecule has 2 aromatic carbocycles. The third-order valence-electron chi connectivity index (χ3n) is 6.47. The van der Waals surface area contributed by atoms with Crippen LogP contribution in [0.5, 0.6) is 0 Å². The Labute approximate surface area is 200 Å². The molecule has 0 bridgehead atoms. The van der Waals surface area contributed by atoms with Crippen LogP contribution >= 0.6 is 0 Å². The van der Waals surface area contributed by atoms with E-state index in [1.165, 1.54) is 23.1 Å². The highest BCUT2D eigenvalue weighted by Gasteiger charge is 2.43. The number of hydrogen-bond donors (Lipinski definition) is 1. The van der Waals surface area contributed by atoms with E-state index in [2.05, 4.69) is 5.32 Å². The van der Waals surface area contributed by atoms with Gasteiger partial charge < -0.3 is 10.2 Å². The van der Waals surface area contributed by atoms with Crippen LogP contribution in [-0.2, 0) is 26.2 Å². The summed E-state index contributed by atoms with van der Waals surface area (Å²) in [5.74, 6) is -1.58. The first-order valence-electron chi connectivity index (χ1n) is 11.6. The Morgan fingerprint density at radius 3 is 2.35 bits per heavy atom. The van der Waals surface area contributed by atoms with Crippen LogP contribution in [0.1, 0.15) is 54.9 Å². The lowest BCUT2D eigenvalue weighted by Gasteiger charge is -2.32. The summed E-state index contributed by atoms with van der Waals surface area (Å²) in [6, 6.07) is 14.4. The van der Waals surface area contributed by atoms with Gasteiger partial charge in [0.1, 0.15) is 17.5 Å². The third-order valence-corrected chi connectivity index (χ3v) is 8.26. The average Bonchev–Trinajstić information content (AvgIpc) is 3.41. The van der Waals surface area contributed by atoms with Crippen molar-refractivity contribution < 1.29 is 22.8 Å². The molecule has 34 heavy (non-hydrogen) atoms. The van der Waals surface area contributed by atoms with E-state index in [-0.39, 0.29) is 29.0 Å². The van der Waals surface area contributed by atoms with Gasteiger partial charge in [-0.2, -0.15) is 0 Å². The predicted molar refractivity (Wildman–Crippen MR) is 126 cm³/mol. The number of carbonyl (C=O) groups excluding carboxylic acids is 3. The van der Waals surface area contributed by atoms with E-state index in [1.807, 2.05) is 37.3 Å². The molecule has 0 unspecified atom stereocenters. The number of nitrogens with one attached hydrogen (secondary N) is 1. The van der Waals surface area contributed by atoms with Crippen molar-refractivity contribution >= 4 is 27.7 Å². The molecule has 1 heterocycles. The molecular formula is C25H29N3O5S. The second-order valence-electron chi connectivity index (χ2n) is 8.73.